The number of allylic oxidation sites excluding steroid dienone is 1. The van der Waals surface area contributed by atoms with E-state index >= 15 is 0 Å². The summed E-state index contributed by atoms with van der Waals surface area (Å²) in [5.74, 6) is -0.925. The topological polar surface area (TPSA) is 90.9 Å². The van der Waals surface area contributed by atoms with Gasteiger partial charge in [-0.1, -0.05) is 48.5 Å². The maximum absolute atomic E-state index is 13.2. The van der Waals surface area contributed by atoms with Gasteiger partial charge >= 0.3 is 5.97 Å². The first kappa shape index (κ1) is 22.9. The standard InChI is InChI=1S/C28H20N2O3S/c1-3-33-28(32)27-17(2)24(16-30)26(34-27)14-25(31)20(15-29)13-23-21-10-6-4-8-18(21)12-19-9-5-7-11-22(19)23/h4-13H,3,14H2,1-2H3. The molecule has 0 aliphatic heterocycles. The van der Waals surface area contributed by atoms with E-state index < -0.39 is 11.8 Å². The number of nitriles is 2. The first-order chi connectivity index (χ1) is 16.5. The van der Waals surface area contributed by atoms with Gasteiger partial charge in [-0.25, -0.2) is 4.79 Å². The van der Waals surface area contributed by atoms with Crippen LogP contribution in [0.2, 0.25) is 0 Å². The highest BCUT2D eigenvalue weighted by Gasteiger charge is 2.23. The van der Waals surface area contributed by atoms with E-state index in [0.29, 0.717) is 15.3 Å². The van der Waals surface area contributed by atoms with E-state index in [0.717, 1.165) is 38.4 Å². The van der Waals surface area contributed by atoms with Crippen LogP contribution in [-0.4, -0.2) is 18.4 Å². The Labute approximate surface area is 201 Å². The molecule has 0 spiro atoms. The van der Waals surface area contributed by atoms with E-state index in [1.54, 1.807) is 19.9 Å². The Bertz CT molecular complexity index is 1510. The minimum atomic E-state index is -0.515. The Morgan fingerprint density at radius 1 is 1.03 bits per heavy atom. The van der Waals surface area contributed by atoms with Gasteiger partial charge in [0, 0.05) is 11.3 Å². The number of fused-ring (bicyclic) bond motifs is 2. The summed E-state index contributed by atoms with van der Waals surface area (Å²) >= 11 is 1.07. The van der Waals surface area contributed by atoms with Crippen molar-refractivity contribution in [2.45, 2.75) is 20.3 Å². The first-order valence-corrected chi connectivity index (χ1v) is 11.5. The lowest BCUT2D eigenvalue weighted by Gasteiger charge is -2.09. The number of carbonyl (C=O) groups excluding carboxylic acids is 2. The van der Waals surface area contributed by atoms with Gasteiger partial charge in [0.2, 0.25) is 0 Å². The van der Waals surface area contributed by atoms with Crippen LogP contribution in [0.15, 0.2) is 60.2 Å². The zero-order chi connectivity index (χ0) is 24.2. The van der Waals surface area contributed by atoms with Crippen molar-refractivity contribution in [1.29, 1.82) is 10.5 Å². The van der Waals surface area contributed by atoms with Gasteiger partial charge in [0.05, 0.1) is 17.7 Å². The van der Waals surface area contributed by atoms with Gasteiger partial charge in [-0.3, -0.25) is 4.79 Å². The molecule has 0 amide bonds. The van der Waals surface area contributed by atoms with Gasteiger partial charge in [0.25, 0.3) is 0 Å². The summed E-state index contributed by atoms with van der Waals surface area (Å²) in [5, 5.41) is 23.4. The highest BCUT2D eigenvalue weighted by molar-refractivity contribution is 7.14. The van der Waals surface area contributed by atoms with E-state index in [1.165, 1.54) is 0 Å². The summed E-state index contributed by atoms with van der Waals surface area (Å²) in [7, 11) is 0. The smallest absolute Gasteiger partial charge is 0.348 e. The molecule has 0 saturated heterocycles. The van der Waals surface area contributed by atoms with Crippen molar-refractivity contribution in [3.63, 3.8) is 0 Å². The molecule has 5 nitrogen and oxygen atoms in total. The van der Waals surface area contributed by atoms with Crippen LogP contribution in [0.5, 0.6) is 0 Å². The van der Waals surface area contributed by atoms with E-state index in [1.807, 2.05) is 54.6 Å². The SMILES string of the molecule is CCOC(=O)c1sc(CC(=O)C(C#N)=Cc2c3ccccc3cc3ccccc23)c(C#N)c1C. The number of hydrogen-bond donors (Lipinski definition) is 0. The Kier molecular flexibility index (Phi) is 6.54. The van der Waals surface area contributed by atoms with Crippen molar-refractivity contribution in [3.05, 3.63) is 86.6 Å². The molecule has 0 saturated carbocycles. The quantitative estimate of drug-likeness (QED) is 0.148. The predicted molar refractivity (Wildman–Crippen MR) is 133 cm³/mol. The number of benzene rings is 3. The molecular formula is C28H20N2O3S. The Hall–Kier alpha value is -4.26. The molecule has 0 N–H and O–H groups in total. The fraction of sp³-hybridized carbons (Fsp3) is 0.143. The van der Waals surface area contributed by atoms with Crippen LogP contribution in [0.25, 0.3) is 27.6 Å². The van der Waals surface area contributed by atoms with Crippen molar-refractivity contribution >= 4 is 50.7 Å². The summed E-state index contributed by atoms with van der Waals surface area (Å²) in [4.78, 5) is 26.2. The van der Waals surface area contributed by atoms with Crippen LogP contribution in [0.3, 0.4) is 0 Å². The van der Waals surface area contributed by atoms with Crippen LogP contribution in [-0.2, 0) is 16.0 Å². The van der Waals surface area contributed by atoms with Gasteiger partial charge in [0.15, 0.2) is 5.78 Å². The molecule has 0 unspecified atom stereocenters. The highest BCUT2D eigenvalue weighted by atomic mass is 32.1. The lowest BCUT2D eigenvalue weighted by molar-refractivity contribution is -0.114. The number of esters is 1. The van der Waals surface area contributed by atoms with Crippen LogP contribution in [0.4, 0.5) is 0 Å². The van der Waals surface area contributed by atoms with E-state index in [-0.39, 0.29) is 24.2 Å². The van der Waals surface area contributed by atoms with Gasteiger partial charge in [-0.15, -0.1) is 11.3 Å². The molecule has 4 aromatic rings. The summed E-state index contributed by atoms with van der Waals surface area (Å²) in [5.41, 5.74) is 1.58. The molecule has 34 heavy (non-hydrogen) atoms. The van der Waals surface area contributed by atoms with Gasteiger partial charge in [-0.05, 0) is 58.7 Å². The molecule has 0 aliphatic carbocycles. The highest BCUT2D eigenvalue weighted by Crippen LogP contribution is 2.32. The molecule has 0 fully saturated rings. The third kappa shape index (κ3) is 4.20. The summed E-state index contributed by atoms with van der Waals surface area (Å²) in [6.45, 7) is 3.59. The average molecular weight is 465 g/mol. The Balaban J connectivity index is 1.78. The third-order valence-corrected chi connectivity index (χ3v) is 6.91. The largest absolute Gasteiger partial charge is 0.462 e. The molecule has 4 rings (SSSR count). The number of ketones is 1. The van der Waals surface area contributed by atoms with E-state index in [4.69, 9.17) is 4.74 Å². The molecule has 3 aromatic carbocycles. The molecule has 0 radical (unpaired) electrons. The molecule has 1 heterocycles. The van der Waals surface area contributed by atoms with Crippen molar-refractivity contribution in [3.8, 4) is 12.1 Å². The number of carbonyl (C=O) groups is 2. The van der Waals surface area contributed by atoms with Gasteiger partial charge < -0.3 is 4.74 Å². The zero-order valence-electron chi connectivity index (χ0n) is 18.7. The number of ether oxygens (including phenoxy) is 1. The van der Waals surface area contributed by atoms with Crippen LogP contribution < -0.4 is 0 Å². The Morgan fingerprint density at radius 3 is 2.21 bits per heavy atom. The molecule has 166 valence electrons. The van der Waals surface area contributed by atoms with Crippen molar-refractivity contribution in [1.82, 2.24) is 0 Å². The second-order valence-corrected chi connectivity index (χ2v) is 8.79. The van der Waals surface area contributed by atoms with Crippen molar-refractivity contribution in [2.75, 3.05) is 6.61 Å². The van der Waals surface area contributed by atoms with Crippen molar-refractivity contribution < 1.29 is 14.3 Å². The number of hydrogen-bond acceptors (Lipinski definition) is 6. The number of nitrogens with zero attached hydrogens (tertiary/aromatic N) is 2. The van der Waals surface area contributed by atoms with Crippen LogP contribution in [0.1, 0.15) is 38.2 Å². The fourth-order valence-electron chi connectivity index (χ4n) is 4.00. The fourth-order valence-corrected chi connectivity index (χ4v) is 5.15. The normalized spacial score (nSPS) is 11.2. The van der Waals surface area contributed by atoms with Gasteiger partial charge in [0.1, 0.15) is 17.0 Å². The molecule has 0 aliphatic rings. The number of thiophene rings is 1. The predicted octanol–water partition coefficient (Wildman–Crippen LogP) is 6.13. The lowest BCUT2D eigenvalue weighted by atomic mass is 9.94. The monoisotopic (exact) mass is 464 g/mol. The Morgan fingerprint density at radius 2 is 1.65 bits per heavy atom. The molecule has 0 bridgehead atoms. The second kappa shape index (κ2) is 9.70. The first-order valence-electron chi connectivity index (χ1n) is 10.7. The minimum Gasteiger partial charge on any atom is -0.462 e. The van der Waals surface area contributed by atoms with Crippen LogP contribution in [0, 0.1) is 29.6 Å². The van der Waals surface area contributed by atoms with Crippen molar-refractivity contribution in [2.24, 2.45) is 0 Å². The summed E-state index contributed by atoms with van der Waals surface area (Å²) in [6, 6.07) is 21.9. The molecular weight excluding hydrogens is 444 g/mol. The zero-order valence-corrected chi connectivity index (χ0v) is 19.5. The molecule has 0 atom stereocenters. The number of rotatable bonds is 6. The third-order valence-electron chi connectivity index (χ3n) is 5.64. The van der Waals surface area contributed by atoms with Crippen LogP contribution >= 0.6 is 11.3 Å². The van der Waals surface area contributed by atoms with E-state index in [9.17, 15) is 20.1 Å². The average Bonchev–Trinajstić information content (AvgIpc) is 3.16. The maximum Gasteiger partial charge on any atom is 0.348 e. The maximum atomic E-state index is 13.2. The van der Waals surface area contributed by atoms with E-state index in [2.05, 4.69) is 12.1 Å². The number of Topliss-reactive ketones (excluding diaryl/α,β-unsaturated/α-hetero) is 1. The minimum absolute atomic E-state index is 0.00543. The second-order valence-electron chi connectivity index (χ2n) is 7.69. The molecule has 6 heteroatoms. The summed E-state index contributed by atoms with van der Waals surface area (Å²) < 4.78 is 5.07. The van der Waals surface area contributed by atoms with Gasteiger partial charge in [-0.2, -0.15) is 10.5 Å². The lowest BCUT2D eigenvalue weighted by Crippen LogP contribution is -2.05. The molecule has 1 aromatic heterocycles. The summed E-state index contributed by atoms with van der Waals surface area (Å²) in [6.07, 6.45) is 1.49.